The highest BCUT2D eigenvalue weighted by atomic mass is 32.1. The lowest BCUT2D eigenvalue weighted by atomic mass is 9.99. The standard InChI is InChI=1S/C11H14N4O4S/c1-4-6(16)7(17)8(18)11(19-4)15-3-14-5-9(15)12-2-13-10(5)20/h2-4,6-8,11,16-18H,1H3,(H,12,13,20)/t4-,6-,7+,8+,11-/m1/s1. The summed E-state index contributed by atoms with van der Waals surface area (Å²) >= 11 is 5.06. The molecule has 0 spiro atoms. The molecule has 3 rings (SSSR count). The highest BCUT2D eigenvalue weighted by Gasteiger charge is 2.43. The number of H-pyrrole nitrogens is 1. The van der Waals surface area contributed by atoms with Crippen LogP contribution < -0.4 is 0 Å². The van der Waals surface area contributed by atoms with Gasteiger partial charge in [0.25, 0.3) is 0 Å². The number of hydrogen-bond acceptors (Lipinski definition) is 7. The van der Waals surface area contributed by atoms with Crippen LogP contribution >= 0.6 is 12.2 Å². The number of hydrogen-bond donors (Lipinski definition) is 4. The number of aliphatic hydroxyl groups is 3. The fraction of sp³-hybridized carbons (Fsp3) is 0.545. The summed E-state index contributed by atoms with van der Waals surface area (Å²) in [4.78, 5) is 10.9. The van der Waals surface area contributed by atoms with Crippen LogP contribution in [-0.2, 0) is 4.74 Å². The Bertz CT molecular complexity index is 686. The molecule has 8 nitrogen and oxygen atoms in total. The first-order valence-electron chi connectivity index (χ1n) is 6.10. The smallest absolute Gasteiger partial charge is 0.165 e. The molecule has 2 aromatic rings. The topological polar surface area (TPSA) is 116 Å². The van der Waals surface area contributed by atoms with Crippen LogP contribution in [0.2, 0.25) is 0 Å². The van der Waals surface area contributed by atoms with Crippen LogP contribution in [-0.4, -0.2) is 59.3 Å². The number of aromatic amines is 1. The molecule has 0 bridgehead atoms. The zero-order chi connectivity index (χ0) is 14.4. The van der Waals surface area contributed by atoms with Gasteiger partial charge in [0.1, 0.15) is 29.5 Å². The molecule has 2 aromatic heterocycles. The van der Waals surface area contributed by atoms with Crippen molar-refractivity contribution < 1.29 is 20.1 Å². The summed E-state index contributed by atoms with van der Waals surface area (Å²) in [5, 5.41) is 29.6. The molecule has 0 aromatic carbocycles. The van der Waals surface area contributed by atoms with Gasteiger partial charge in [-0.05, 0) is 6.92 Å². The third-order valence-corrected chi connectivity index (χ3v) is 3.78. The van der Waals surface area contributed by atoms with Crippen LogP contribution in [0.4, 0.5) is 0 Å². The van der Waals surface area contributed by atoms with E-state index in [-0.39, 0.29) is 0 Å². The Morgan fingerprint density at radius 2 is 2.00 bits per heavy atom. The Hall–Kier alpha value is -1.39. The molecule has 0 radical (unpaired) electrons. The van der Waals surface area contributed by atoms with Gasteiger partial charge in [0.2, 0.25) is 0 Å². The van der Waals surface area contributed by atoms with E-state index in [1.165, 1.54) is 17.2 Å². The molecule has 108 valence electrons. The van der Waals surface area contributed by atoms with Gasteiger partial charge in [0.05, 0.1) is 18.8 Å². The van der Waals surface area contributed by atoms with Gasteiger partial charge in [0, 0.05) is 0 Å². The molecule has 20 heavy (non-hydrogen) atoms. The van der Waals surface area contributed by atoms with Crippen molar-refractivity contribution in [3.8, 4) is 0 Å². The summed E-state index contributed by atoms with van der Waals surface area (Å²) < 4.78 is 7.42. The van der Waals surface area contributed by atoms with Crippen LogP contribution in [0.1, 0.15) is 13.2 Å². The van der Waals surface area contributed by atoms with Crippen molar-refractivity contribution >= 4 is 23.4 Å². The maximum absolute atomic E-state index is 10.1. The Morgan fingerprint density at radius 1 is 1.25 bits per heavy atom. The molecule has 1 aliphatic heterocycles. The van der Waals surface area contributed by atoms with E-state index in [0.29, 0.717) is 15.8 Å². The Labute approximate surface area is 118 Å². The minimum absolute atomic E-state index is 0.330. The maximum atomic E-state index is 10.1. The lowest BCUT2D eigenvalue weighted by molar-refractivity contribution is -0.239. The van der Waals surface area contributed by atoms with Crippen molar-refractivity contribution in [2.24, 2.45) is 0 Å². The normalized spacial score (nSPS) is 34.5. The van der Waals surface area contributed by atoms with Gasteiger partial charge in [0.15, 0.2) is 10.9 Å². The third-order valence-electron chi connectivity index (χ3n) is 3.48. The molecule has 4 N–H and O–H groups in total. The summed E-state index contributed by atoms with van der Waals surface area (Å²) in [5.41, 5.74) is 1.01. The molecule has 1 aliphatic rings. The second-order valence-corrected chi connectivity index (χ2v) is 5.15. The number of ether oxygens (including phenoxy) is 1. The summed E-state index contributed by atoms with van der Waals surface area (Å²) in [6, 6.07) is 0. The van der Waals surface area contributed by atoms with E-state index in [2.05, 4.69) is 15.0 Å². The second-order valence-electron chi connectivity index (χ2n) is 4.76. The highest BCUT2D eigenvalue weighted by molar-refractivity contribution is 7.71. The van der Waals surface area contributed by atoms with E-state index in [1.54, 1.807) is 6.92 Å². The van der Waals surface area contributed by atoms with Crippen molar-refractivity contribution in [2.45, 2.75) is 37.6 Å². The van der Waals surface area contributed by atoms with Gasteiger partial charge >= 0.3 is 0 Å². The van der Waals surface area contributed by atoms with Gasteiger partial charge in [-0.25, -0.2) is 9.97 Å². The first kappa shape index (κ1) is 13.6. The summed E-state index contributed by atoms with van der Waals surface area (Å²) in [7, 11) is 0. The number of rotatable bonds is 1. The monoisotopic (exact) mass is 298 g/mol. The minimum atomic E-state index is -1.30. The van der Waals surface area contributed by atoms with Gasteiger partial charge < -0.3 is 25.0 Å². The van der Waals surface area contributed by atoms with Crippen LogP contribution in [0.25, 0.3) is 11.2 Å². The molecule has 0 aliphatic carbocycles. The zero-order valence-electron chi connectivity index (χ0n) is 10.5. The van der Waals surface area contributed by atoms with E-state index < -0.39 is 30.6 Å². The van der Waals surface area contributed by atoms with Crippen molar-refractivity contribution in [2.75, 3.05) is 0 Å². The molecular formula is C11H14N4O4S. The van der Waals surface area contributed by atoms with Crippen LogP contribution in [0.3, 0.4) is 0 Å². The molecule has 9 heteroatoms. The molecule has 0 saturated carbocycles. The molecule has 3 heterocycles. The first-order chi connectivity index (χ1) is 9.50. The van der Waals surface area contributed by atoms with E-state index in [1.807, 2.05) is 0 Å². The second kappa shape index (κ2) is 4.86. The fourth-order valence-electron chi connectivity index (χ4n) is 2.33. The Kier molecular flexibility index (Phi) is 3.30. The largest absolute Gasteiger partial charge is 0.388 e. The number of imidazole rings is 1. The maximum Gasteiger partial charge on any atom is 0.165 e. The average Bonchev–Trinajstić information content (AvgIpc) is 2.86. The van der Waals surface area contributed by atoms with E-state index in [9.17, 15) is 15.3 Å². The van der Waals surface area contributed by atoms with Gasteiger partial charge in [-0.15, -0.1) is 0 Å². The van der Waals surface area contributed by atoms with Gasteiger partial charge in [-0.2, -0.15) is 0 Å². The predicted octanol–water partition coefficient (Wildman–Crippen LogP) is -0.511. The highest BCUT2D eigenvalue weighted by Crippen LogP contribution is 2.29. The van der Waals surface area contributed by atoms with Crippen molar-refractivity contribution in [1.29, 1.82) is 0 Å². The number of nitrogens with one attached hydrogen (secondary N) is 1. The number of fused-ring (bicyclic) bond motifs is 1. The number of nitrogens with zero attached hydrogens (tertiary/aromatic N) is 3. The lowest BCUT2D eigenvalue weighted by Gasteiger charge is -2.39. The first-order valence-corrected chi connectivity index (χ1v) is 6.51. The van der Waals surface area contributed by atoms with Crippen molar-refractivity contribution in [3.63, 3.8) is 0 Å². The SMILES string of the molecule is C[C@H]1O[C@@H](n2cnc3c(=S)nc[nH]c32)[C@@H](O)[C@@H](O)[C@@H]1O. The quantitative estimate of drug-likeness (QED) is 0.524. The zero-order valence-corrected chi connectivity index (χ0v) is 11.4. The van der Waals surface area contributed by atoms with E-state index in [4.69, 9.17) is 17.0 Å². The molecule has 0 unspecified atom stereocenters. The van der Waals surface area contributed by atoms with Crippen molar-refractivity contribution in [1.82, 2.24) is 19.5 Å². The molecule has 0 amide bonds. The van der Waals surface area contributed by atoms with Crippen LogP contribution in [0, 0.1) is 4.64 Å². The minimum Gasteiger partial charge on any atom is -0.388 e. The number of aromatic nitrogens is 4. The molecule has 1 saturated heterocycles. The summed E-state index contributed by atoms with van der Waals surface area (Å²) in [6.07, 6.45) is -2.35. The molecular weight excluding hydrogens is 284 g/mol. The van der Waals surface area contributed by atoms with Gasteiger partial charge in [-0.1, -0.05) is 12.2 Å². The van der Waals surface area contributed by atoms with Crippen molar-refractivity contribution in [3.05, 3.63) is 17.3 Å². The van der Waals surface area contributed by atoms with Gasteiger partial charge in [-0.3, -0.25) is 4.57 Å². The van der Waals surface area contributed by atoms with E-state index >= 15 is 0 Å². The predicted molar refractivity (Wildman–Crippen MR) is 70.3 cm³/mol. The number of aliphatic hydroxyl groups excluding tert-OH is 3. The summed E-state index contributed by atoms with van der Waals surface area (Å²) in [5.74, 6) is 0. The van der Waals surface area contributed by atoms with Crippen LogP contribution in [0.15, 0.2) is 12.7 Å². The van der Waals surface area contributed by atoms with E-state index in [0.717, 1.165) is 0 Å². The summed E-state index contributed by atoms with van der Waals surface area (Å²) in [6.45, 7) is 1.62. The third kappa shape index (κ3) is 1.95. The fourth-order valence-corrected chi connectivity index (χ4v) is 2.53. The average molecular weight is 298 g/mol. The van der Waals surface area contributed by atoms with Crippen LogP contribution in [0.5, 0.6) is 0 Å². The molecule has 5 atom stereocenters. The Balaban J connectivity index is 2.07. The lowest BCUT2D eigenvalue weighted by Crippen LogP contribution is -2.54. The molecule has 1 fully saturated rings. The Morgan fingerprint density at radius 3 is 2.75 bits per heavy atom.